The third kappa shape index (κ3) is 2.56. The van der Waals surface area contributed by atoms with Crippen molar-refractivity contribution >= 4 is 11.6 Å². The first kappa shape index (κ1) is 13.5. The van der Waals surface area contributed by atoms with E-state index in [4.69, 9.17) is 10.2 Å². The van der Waals surface area contributed by atoms with Crippen molar-refractivity contribution < 1.29 is 29.6 Å². The first-order valence-corrected chi connectivity index (χ1v) is 5.43. The highest BCUT2D eigenvalue weighted by Crippen LogP contribution is 2.31. The Morgan fingerprint density at radius 2 is 1.65 bits per heavy atom. The summed E-state index contributed by atoms with van der Waals surface area (Å²) < 4.78 is 13.2. The van der Waals surface area contributed by atoms with Crippen molar-refractivity contribution in [1.29, 1.82) is 0 Å². The molecule has 0 atom stereocenters. The van der Waals surface area contributed by atoms with Crippen LogP contribution in [0.2, 0.25) is 0 Å². The maximum atomic E-state index is 13.2. The zero-order valence-corrected chi connectivity index (χ0v) is 9.96. The number of amides is 1. The third-order valence-electron chi connectivity index (χ3n) is 2.54. The number of benzene rings is 2. The predicted octanol–water partition coefficient (Wildman–Crippen LogP) is 1.90. The lowest BCUT2D eigenvalue weighted by molar-refractivity contribution is 0.102. The highest BCUT2D eigenvalue weighted by Gasteiger charge is 2.13. The van der Waals surface area contributed by atoms with Gasteiger partial charge in [-0.05, 0) is 18.2 Å². The molecule has 0 aliphatic carbocycles. The SMILES string of the molecule is O=C(Nc1cc(O)c(O)c(F)c1)c1ccc(O)c(O)c1. The summed E-state index contributed by atoms with van der Waals surface area (Å²) in [6.07, 6.45) is 0. The average Bonchev–Trinajstić information content (AvgIpc) is 2.39. The molecule has 0 bridgehead atoms. The van der Waals surface area contributed by atoms with Crippen molar-refractivity contribution in [2.24, 2.45) is 0 Å². The van der Waals surface area contributed by atoms with Gasteiger partial charge in [0.05, 0.1) is 0 Å². The summed E-state index contributed by atoms with van der Waals surface area (Å²) in [6.45, 7) is 0. The topological polar surface area (TPSA) is 110 Å². The summed E-state index contributed by atoms with van der Waals surface area (Å²) in [6, 6.07) is 5.20. The molecule has 7 heteroatoms. The van der Waals surface area contributed by atoms with Crippen LogP contribution in [0.4, 0.5) is 10.1 Å². The van der Waals surface area contributed by atoms with Gasteiger partial charge in [0, 0.05) is 23.4 Å². The van der Waals surface area contributed by atoms with E-state index < -0.39 is 29.0 Å². The van der Waals surface area contributed by atoms with Crippen LogP contribution in [-0.2, 0) is 0 Å². The number of hydrogen-bond donors (Lipinski definition) is 5. The number of rotatable bonds is 2. The molecular weight excluding hydrogens is 269 g/mol. The molecule has 20 heavy (non-hydrogen) atoms. The van der Waals surface area contributed by atoms with Gasteiger partial charge in [-0.1, -0.05) is 0 Å². The van der Waals surface area contributed by atoms with Crippen molar-refractivity contribution in [3.8, 4) is 23.0 Å². The first-order chi connectivity index (χ1) is 9.38. The van der Waals surface area contributed by atoms with Gasteiger partial charge in [0.1, 0.15) is 0 Å². The Bertz CT molecular complexity index is 663. The number of hydrogen-bond acceptors (Lipinski definition) is 5. The van der Waals surface area contributed by atoms with Gasteiger partial charge >= 0.3 is 0 Å². The molecule has 0 fully saturated rings. The lowest BCUT2D eigenvalue weighted by Gasteiger charge is -2.08. The summed E-state index contributed by atoms with van der Waals surface area (Å²) in [7, 11) is 0. The van der Waals surface area contributed by atoms with Crippen LogP contribution in [0.3, 0.4) is 0 Å². The minimum absolute atomic E-state index is 0.0215. The molecule has 0 radical (unpaired) electrons. The monoisotopic (exact) mass is 279 g/mol. The Morgan fingerprint density at radius 3 is 2.25 bits per heavy atom. The average molecular weight is 279 g/mol. The van der Waals surface area contributed by atoms with Gasteiger partial charge in [-0.3, -0.25) is 4.79 Å². The van der Waals surface area contributed by atoms with E-state index in [1.54, 1.807) is 0 Å². The van der Waals surface area contributed by atoms with Crippen LogP contribution in [0.5, 0.6) is 23.0 Å². The molecule has 2 aromatic rings. The largest absolute Gasteiger partial charge is 0.504 e. The molecule has 0 saturated carbocycles. The van der Waals surface area contributed by atoms with Crippen LogP contribution in [0.15, 0.2) is 30.3 Å². The van der Waals surface area contributed by atoms with E-state index >= 15 is 0 Å². The Labute approximate surface area is 112 Å². The van der Waals surface area contributed by atoms with Gasteiger partial charge in [0.15, 0.2) is 28.8 Å². The third-order valence-corrected chi connectivity index (χ3v) is 2.54. The number of halogens is 1. The second-order valence-electron chi connectivity index (χ2n) is 3.98. The van der Waals surface area contributed by atoms with Crippen LogP contribution < -0.4 is 5.32 Å². The Kier molecular flexibility index (Phi) is 3.34. The molecule has 6 nitrogen and oxygen atoms in total. The summed E-state index contributed by atoms with van der Waals surface area (Å²) >= 11 is 0. The summed E-state index contributed by atoms with van der Waals surface area (Å²) in [5, 5.41) is 39.0. The zero-order chi connectivity index (χ0) is 14.9. The molecule has 2 aromatic carbocycles. The van der Waals surface area contributed by atoms with E-state index in [1.807, 2.05) is 0 Å². The quantitative estimate of drug-likeness (QED) is 0.426. The fourth-order valence-corrected chi connectivity index (χ4v) is 1.52. The van der Waals surface area contributed by atoms with E-state index in [0.717, 1.165) is 24.3 Å². The number of carbonyl (C=O) groups is 1. The fraction of sp³-hybridized carbons (Fsp3) is 0. The molecule has 5 N–H and O–H groups in total. The van der Waals surface area contributed by atoms with Gasteiger partial charge in [-0.2, -0.15) is 0 Å². The molecule has 0 unspecified atom stereocenters. The smallest absolute Gasteiger partial charge is 0.255 e. The highest BCUT2D eigenvalue weighted by molar-refractivity contribution is 6.04. The molecule has 0 aliphatic rings. The summed E-state index contributed by atoms with van der Waals surface area (Å²) in [5.74, 6) is -4.26. The number of anilines is 1. The van der Waals surface area contributed by atoms with Crippen molar-refractivity contribution in [2.45, 2.75) is 0 Å². The minimum Gasteiger partial charge on any atom is -0.504 e. The van der Waals surface area contributed by atoms with Gasteiger partial charge < -0.3 is 25.7 Å². The molecule has 0 aromatic heterocycles. The molecule has 0 spiro atoms. The van der Waals surface area contributed by atoms with Crippen LogP contribution in [0.1, 0.15) is 10.4 Å². The van der Waals surface area contributed by atoms with E-state index in [1.165, 1.54) is 6.07 Å². The van der Waals surface area contributed by atoms with Crippen LogP contribution in [0.25, 0.3) is 0 Å². The molecule has 0 aliphatic heterocycles. The Balaban J connectivity index is 2.25. The van der Waals surface area contributed by atoms with Gasteiger partial charge in [0.2, 0.25) is 0 Å². The van der Waals surface area contributed by atoms with E-state index in [9.17, 15) is 19.4 Å². The molecule has 104 valence electrons. The minimum atomic E-state index is -1.09. The Hall–Kier alpha value is -2.96. The standard InChI is InChI=1S/C13H10FNO5/c14-8-4-7(5-11(18)12(8)19)15-13(20)6-1-2-9(16)10(17)3-6/h1-5,16-19H,(H,15,20). The predicted molar refractivity (Wildman–Crippen MR) is 67.5 cm³/mol. The normalized spacial score (nSPS) is 10.2. The lowest BCUT2D eigenvalue weighted by Crippen LogP contribution is -2.11. The molecule has 0 heterocycles. The Morgan fingerprint density at radius 1 is 0.950 bits per heavy atom. The molecular formula is C13H10FNO5. The summed E-state index contributed by atoms with van der Waals surface area (Å²) in [5.41, 5.74) is -0.0522. The van der Waals surface area contributed by atoms with E-state index in [0.29, 0.717) is 0 Å². The van der Waals surface area contributed by atoms with Crippen LogP contribution >= 0.6 is 0 Å². The van der Waals surface area contributed by atoms with Crippen LogP contribution in [0, 0.1) is 5.82 Å². The van der Waals surface area contributed by atoms with E-state index in [-0.39, 0.29) is 17.0 Å². The number of nitrogens with one attached hydrogen (secondary N) is 1. The second-order valence-corrected chi connectivity index (χ2v) is 3.98. The van der Waals surface area contributed by atoms with Crippen molar-refractivity contribution in [2.75, 3.05) is 5.32 Å². The molecule has 0 saturated heterocycles. The zero-order valence-electron chi connectivity index (χ0n) is 9.96. The number of phenols is 4. The first-order valence-electron chi connectivity index (χ1n) is 5.43. The van der Waals surface area contributed by atoms with Crippen LogP contribution in [-0.4, -0.2) is 26.3 Å². The van der Waals surface area contributed by atoms with Crippen molar-refractivity contribution in [1.82, 2.24) is 0 Å². The molecule has 2 rings (SSSR count). The maximum Gasteiger partial charge on any atom is 0.255 e. The van der Waals surface area contributed by atoms with Crippen molar-refractivity contribution in [3.05, 3.63) is 41.7 Å². The summed E-state index contributed by atoms with van der Waals surface area (Å²) in [4.78, 5) is 11.8. The van der Waals surface area contributed by atoms with E-state index in [2.05, 4.69) is 5.32 Å². The lowest BCUT2D eigenvalue weighted by atomic mass is 10.2. The number of carbonyl (C=O) groups excluding carboxylic acids is 1. The fourth-order valence-electron chi connectivity index (χ4n) is 1.52. The van der Waals surface area contributed by atoms with Gasteiger partial charge in [-0.25, -0.2) is 4.39 Å². The number of aromatic hydroxyl groups is 4. The molecule has 1 amide bonds. The van der Waals surface area contributed by atoms with Crippen molar-refractivity contribution in [3.63, 3.8) is 0 Å². The number of phenolic OH excluding ortho intramolecular Hbond substituents is 4. The highest BCUT2D eigenvalue weighted by atomic mass is 19.1. The second kappa shape index (κ2) is 4.96. The van der Waals surface area contributed by atoms with Gasteiger partial charge in [0.25, 0.3) is 5.91 Å². The van der Waals surface area contributed by atoms with Gasteiger partial charge in [-0.15, -0.1) is 0 Å². The maximum absolute atomic E-state index is 13.2.